The van der Waals surface area contributed by atoms with Crippen molar-refractivity contribution < 1.29 is 18.3 Å². The van der Waals surface area contributed by atoms with E-state index in [0.717, 1.165) is 19.2 Å². The number of sulfonamides is 1. The van der Waals surface area contributed by atoms with E-state index in [1.807, 2.05) is 7.05 Å². The lowest BCUT2D eigenvalue weighted by Crippen LogP contribution is -2.52. The van der Waals surface area contributed by atoms with E-state index < -0.39 is 16.0 Å². The normalized spacial score (nSPS) is 17.8. The first-order valence-corrected chi connectivity index (χ1v) is 8.56. The lowest BCUT2D eigenvalue weighted by Gasteiger charge is -2.32. The summed E-state index contributed by atoms with van der Waals surface area (Å²) >= 11 is 3.09. The molecule has 0 radical (unpaired) electrons. The van der Waals surface area contributed by atoms with E-state index >= 15 is 0 Å². The Hall–Kier alpha value is -1.00. The van der Waals surface area contributed by atoms with Crippen molar-refractivity contribution >= 4 is 31.9 Å². The Labute approximate surface area is 131 Å². The van der Waals surface area contributed by atoms with Gasteiger partial charge in [-0.05, 0) is 41.2 Å². The van der Waals surface area contributed by atoms with Gasteiger partial charge in [-0.2, -0.15) is 0 Å². The molecular formula is C12H16BrN3O4S. The fraction of sp³-hybridized carbons (Fsp3) is 0.417. The molecule has 1 aliphatic rings. The van der Waals surface area contributed by atoms with Crippen molar-refractivity contribution in [3.8, 4) is 0 Å². The number of aromatic carboxylic acids is 1. The van der Waals surface area contributed by atoms with E-state index in [1.165, 1.54) is 12.1 Å². The Morgan fingerprint density at radius 3 is 2.48 bits per heavy atom. The van der Waals surface area contributed by atoms with Crippen molar-refractivity contribution in [1.29, 1.82) is 0 Å². The van der Waals surface area contributed by atoms with E-state index in [2.05, 4.69) is 25.7 Å². The summed E-state index contributed by atoms with van der Waals surface area (Å²) in [5, 5.41) is 10.7. The molecule has 0 amide bonds. The summed E-state index contributed by atoms with van der Waals surface area (Å²) < 4.78 is 24.9. The molecule has 0 atom stereocenters. The summed E-state index contributed by atoms with van der Waals surface area (Å²) in [5.74, 6) is -1.18. The number of benzene rings is 1. The molecule has 0 saturated carbocycles. The average molecular weight is 378 g/mol. The Kier molecular flexibility index (Phi) is 4.99. The molecule has 9 heteroatoms. The number of hydrogen-bond donors (Lipinski definition) is 2. The first kappa shape index (κ1) is 16.4. The molecular weight excluding hydrogens is 362 g/mol. The number of hydrazine groups is 1. The first-order chi connectivity index (χ1) is 9.79. The number of rotatable bonds is 4. The number of hydrogen-bond acceptors (Lipinski definition) is 5. The number of halogens is 1. The third kappa shape index (κ3) is 4.01. The van der Waals surface area contributed by atoms with Gasteiger partial charge < -0.3 is 10.0 Å². The molecule has 7 nitrogen and oxygen atoms in total. The number of carboxylic acids is 1. The molecule has 0 aliphatic carbocycles. The molecule has 1 aromatic rings. The van der Waals surface area contributed by atoms with Crippen molar-refractivity contribution in [3.05, 3.63) is 28.2 Å². The highest BCUT2D eigenvalue weighted by Crippen LogP contribution is 2.21. The summed E-state index contributed by atoms with van der Waals surface area (Å²) in [6.45, 7) is 2.70. The predicted octanol–water partition coefficient (Wildman–Crippen LogP) is 0.588. The monoisotopic (exact) mass is 377 g/mol. The van der Waals surface area contributed by atoms with Crippen LogP contribution in [-0.4, -0.2) is 62.6 Å². The number of nitrogens with zero attached hydrogens (tertiary/aromatic N) is 2. The highest BCUT2D eigenvalue weighted by molar-refractivity contribution is 9.10. The molecule has 1 aromatic carbocycles. The molecule has 0 aromatic heterocycles. The van der Waals surface area contributed by atoms with Crippen molar-refractivity contribution in [3.63, 3.8) is 0 Å². The molecule has 1 heterocycles. The zero-order valence-electron chi connectivity index (χ0n) is 11.4. The average Bonchev–Trinajstić information content (AvgIpc) is 2.41. The highest BCUT2D eigenvalue weighted by atomic mass is 79.9. The Morgan fingerprint density at radius 2 is 1.90 bits per heavy atom. The lowest BCUT2D eigenvalue weighted by atomic mass is 10.2. The molecule has 116 valence electrons. The van der Waals surface area contributed by atoms with Crippen molar-refractivity contribution in [2.75, 3.05) is 33.2 Å². The number of carboxylic acid groups (broad SMARTS) is 1. The van der Waals surface area contributed by atoms with E-state index in [0.29, 0.717) is 17.6 Å². The quantitative estimate of drug-likeness (QED) is 0.797. The summed E-state index contributed by atoms with van der Waals surface area (Å²) in [5.41, 5.74) is -0.0868. The van der Waals surface area contributed by atoms with Crippen LogP contribution in [0.25, 0.3) is 0 Å². The first-order valence-electron chi connectivity index (χ1n) is 6.28. The van der Waals surface area contributed by atoms with Crippen LogP contribution in [0.4, 0.5) is 0 Å². The second-order valence-electron chi connectivity index (χ2n) is 4.83. The van der Waals surface area contributed by atoms with Gasteiger partial charge in [0.05, 0.1) is 10.5 Å². The maximum Gasteiger partial charge on any atom is 0.336 e. The van der Waals surface area contributed by atoms with Gasteiger partial charge in [0.25, 0.3) is 10.0 Å². The molecule has 2 rings (SSSR count). The van der Waals surface area contributed by atoms with Crippen LogP contribution in [0.2, 0.25) is 0 Å². The van der Waals surface area contributed by atoms with Gasteiger partial charge in [-0.25, -0.2) is 18.2 Å². The Bertz CT molecular complexity index is 642. The largest absolute Gasteiger partial charge is 0.478 e. The fourth-order valence-electron chi connectivity index (χ4n) is 1.96. The molecule has 0 spiro atoms. The topological polar surface area (TPSA) is 90.0 Å². The predicted molar refractivity (Wildman–Crippen MR) is 80.5 cm³/mol. The van der Waals surface area contributed by atoms with Crippen LogP contribution in [-0.2, 0) is 10.0 Å². The van der Waals surface area contributed by atoms with Gasteiger partial charge >= 0.3 is 5.97 Å². The molecule has 2 N–H and O–H groups in total. The van der Waals surface area contributed by atoms with E-state index in [9.17, 15) is 13.2 Å². The minimum absolute atomic E-state index is 0.0676. The number of carbonyl (C=O) groups is 1. The summed E-state index contributed by atoms with van der Waals surface area (Å²) in [6.07, 6.45) is 0. The molecule has 0 bridgehead atoms. The zero-order chi connectivity index (χ0) is 15.6. The SMILES string of the molecule is CN1CCN(NS(=O)(=O)c2ccc(Br)c(C(=O)O)c2)CC1. The van der Waals surface area contributed by atoms with Crippen LogP contribution in [0.5, 0.6) is 0 Å². The van der Waals surface area contributed by atoms with E-state index in [4.69, 9.17) is 5.11 Å². The van der Waals surface area contributed by atoms with Gasteiger partial charge in [0.15, 0.2) is 0 Å². The van der Waals surface area contributed by atoms with Gasteiger partial charge in [-0.15, -0.1) is 4.83 Å². The van der Waals surface area contributed by atoms with E-state index in [-0.39, 0.29) is 10.5 Å². The van der Waals surface area contributed by atoms with Crippen LogP contribution >= 0.6 is 15.9 Å². The van der Waals surface area contributed by atoms with Crippen LogP contribution < -0.4 is 4.83 Å². The van der Waals surface area contributed by atoms with Gasteiger partial charge in [-0.1, -0.05) is 0 Å². The summed E-state index contributed by atoms with van der Waals surface area (Å²) in [4.78, 5) is 15.6. The van der Waals surface area contributed by atoms with Gasteiger partial charge in [0, 0.05) is 30.7 Å². The van der Waals surface area contributed by atoms with Crippen LogP contribution in [0.3, 0.4) is 0 Å². The van der Waals surface area contributed by atoms with E-state index in [1.54, 1.807) is 5.01 Å². The minimum atomic E-state index is -3.78. The standard InChI is InChI=1S/C12H16BrN3O4S/c1-15-4-6-16(7-5-15)14-21(19,20)9-2-3-11(13)10(8-9)12(17)18/h2-3,8,14H,4-7H2,1H3,(H,17,18). The van der Waals surface area contributed by atoms with Gasteiger partial charge in [-0.3, -0.25) is 0 Å². The number of piperazine rings is 1. The second kappa shape index (κ2) is 6.41. The van der Waals surface area contributed by atoms with Crippen LogP contribution in [0, 0.1) is 0 Å². The minimum Gasteiger partial charge on any atom is -0.478 e. The van der Waals surface area contributed by atoms with Gasteiger partial charge in [0.1, 0.15) is 0 Å². The second-order valence-corrected chi connectivity index (χ2v) is 7.35. The lowest BCUT2D eigenvalue weighted by molar-refractivity contribution is 0.0695. The van der Waals surface area contributed by atoms with Crippen molar-refractivity contribution in [2.24, 2.45) is 0 Å². The smallest absolute Gasteiger partial charge is 0.336 e. The van der Waals surface area contributed by atoms with Crippen LogP contribution in [0.15, 0.2) is 27.6 Å². The molecule has 21 heavy (non-hydrogen) atoms. The Balaban J connectivity index is 2.20. The van der Waals surface area contributed by atoms with Crippen LogP contribution in [0.1, 0.15) is 10.4 Å². The van der Waals surface area contributed by atoms with Crippen molar-refractivity contribution in [2.45, 2.75) is 4.90 Å². The summed E-state index contributed by atoms with van der Waals surface area (Å²) in [7, 11) is -1.80. The molecule has 0 unspecified atom stereocenters. The molecule has 1 fully saturated rings. The maximum absolute atomic E-state index is 12.3. The van der Waals surface area contributed by atoms with Gasteiger partial charge in [0.2, 0.25) is 0 Å². The third-order valence-corrected chi connectivity index (χ3v) is 5.30. The zero-order valence-corrected chi connectivity index (χ0v) is 13.8. The van der Waals surface area contributed by atoms with Crippen molar-refractivity contribution in [1.82, 2.24) is 14.7 Å². The summed E-state index contributed by atoms with van der Waals surface area (Å²) in [6, 6.07) is 3.93. The third-order valence-electron chi connectivity index (χ3n) is 3.23. The molecule has 1 aliphatic heterocycles. The highest BCUT2D eigenvalue weighted by Gasteiger charge is 2.23. The maximum atomic E-state index is 12.3. The molecule has 1 saturated heterocycles. The number of likely N-dealkylation sites (N-methyl/N-ethyl adjacent to an activating group) is 1. The fourth-order valence-corrected chi connectivity index (χ4v) is 3.52. The Morgan fingerprint density at radius 1 is 1.29 bits per heavy atom. The number of nitrogens with one attached hydrogen (secondary N) is 1.